The SMILES string of the molecule is CCCCOC1/C=C/C[C@@H](C)OC(=O)c2c(C)cc(C)c(Cl)c2CC(=N\OCC(=O)N2CCCCC2)/C=C/C1. The summed E-state index contributed by atoms with van der Waals surface area (Å²) in [6.07, 6.45) is 14.2. The summed E-state index contributed by atoms with van der Waals surface area (Å²) in [4.78, 5) is 33.3. The minimum atomic E-state index is -0.414. The first kappa shape index (κ1) is 30.9. The lowest BCUT2D eigenvalue weighted by molar-refractivity contribution is -0.137. The van der Waals surface area contributed by atoms with Crippen molar-refractivity contribution in [1.29, 1.82) is 0 Å². The molecule has 1 unspecified atom stereocenters. The van der Waals surface area contributed by atoms with E-state index in [9.17, 15) is 9.59 Å². The van der Waals surface area contributed by atoms with Crippen LogP contribution in [0, 0.1) is 13.8 Å². The Morgan fingerprint density at radius 1 is 1.15 bits per heavy atom. The van der Waals surface area contributed by atoms with Gasteiger partial charge in [0.15, 0.2) is 6.61 Å². The fourth-order valence-corrected chi connectivity index (χ4v) is 5.05. The molecule has 7 nitrogen and oxygen atoms in total. The topological polar surface area (TPSA) is 77.4 Å². The van der Waals surface area contributed by atoms with E-state index in [1.54, 1.807) is 0 Å². The summed E-state index contributed by atoms with van der Waals surface area (Å²) in [7, 11) is 0. The third-order valence-electron chi connectivity index (χ3n) is 7.02. The van der Waals surface area contributed by atoms with Crippen LogP contribution in [0.5, 0.6) is 0 Å². The van der Waals surface area contributed by atoms with E-state index >= 15 is 0 Å². The first-order valence-electron chi connectivity index (χ1n) is 14.2. The van der Waals surface area contributed by atoms with Crippen LogP contribution in [0.1, 0.15) is 85.8 Å². The number of esters is 1. The Kier molecular flexibility index (Phi) is 12.5. The van der Waals surface area contributed by atoms with Crippen LogP contribution >= 0.6 is 11.6 Å². The first-order valence-corrected chi connectivity index (χ1v) is 14.6. The molecule has 3 rings (SSSR count). The first-order chi connectivity index (χ1) is 18.8. The number of hydrogen-bond donors (Lipinski definition) is 0. The zero-order valence-corrected chi connectivity index (χ0v) is 24.6. The molecule has 2 aliphatic rings. The molecule has 214 valence electrons. The van der Waals surface area contributed by atoms with Gasteiger partial charge in [0, 0.05) is 37.6 Å². The second kappa shape index (κ2) is 15.8. The average molecular weight is 559 g/mol. The van der Waals surface area contributed by atoms with Crippen LogP contribution in [-0.4, -0.2) is 61.0 Å². The molecule has 2 atom stereocenters. The van der Waals surface area contributed by atoms with Gasteiger partial charge in [0.1, 0.15) is 6.10 Å². The number of cyclic esters (lactones) is 1. The van der Waals surface area contributed by atoms with Crippen molar-refractivity contribution in [3.05, 3.63) is 57.6 Å². The zero-order chi connectivity index (χ0) is 28.2. The molecule has 39 heavy (non-hydrogen) atoms. The number of halogens is 1. The maximum Gasteiger partial charge on any atom is 0.339 e. The predicted molar refractivity (Wildman–Crippen MR) is 155 cm³/mol. The normalized spacial score (nSPS) is 23.5. The number of aryl methyl sites for hydroxylation is 2. The van der Waals surface area contributed by atoms with Crippen LogP contribution < -0.4 is 0 Å². The minimum Gasteiger partial charge on any atom is -0.459 e. The lowest BCUT2D eigenvalue weighted by Gasteiger charge is -2.26. The highest BCUT2D eigenvalue weighted by atomic mass is 35.5. The summed E-state index contributed by atoms with van der Waals surface area (Å²) in [6, 6.07) is 1.90. The molecule has 2 heterocycles. The van der Waals surface area contributed by atoms with E-state index in [0.29, 0.717) is 41.3 Å². The maximum atomic E-state index is 13.3. The van der Waals surface area contributed by atoms with Crippen molar-refractivity contribution in [2.45, 2.75) is 91.3 Å². The van der Waals surface area contributed by atoms with Crippen LogP contribution in [0.15, 0.2) is 35.5 Å². The number of nitrogens with zero attached hydrogens (tertiary/aromatic N) is 2. The van der Waals surface area contributed by atoms with Gasteiger partial charge in [-0.2, -0.15) is 0 Å². The van der Waals surface area contributed by atoms with Crippen LogP contribution in [-0.2, 0) is 25.5 Å². The summed E-state index contributed by atoms with van der Waals surface area (Å²) in [5, 5.41) is 4.84. The number of likely N-dealkylation sites (tertiary alicyclic amines) is 1. The van der Waals surface area contributed by atoms with Crippen LogP contribution in [0.2, 0.25) is 5.02 Å². The number of oxime groups is 1. The second-order valence-corrected chi connectivity index (χ2v) is 10.8. The Morgan fingerprint density at radius 3 is 2.67 bits per heavy atom. The molecule has 0 spiro atoms. The smallest absolute Gasteiger partial charge is 0.339 e. The zero-order valence-electron chi connectivity index (χ0n) is 23.8. The van der Waals surface area contributed by atoms with Gasteiger partial charge in [-0.3, -0.25) is 4.79 Å². The molecule has 1 aromatic carbocycles. The van der Waals surface area contributed by atoms with Gasteiger partial charge >= 0.3 is 5.97 Å². The van der Waals surface area contributed by atoms with E-state index < -0.39 is 5.97 Å². The third kappa shape index (κ3) is 9.50. The van der Waals surface area contributed by atoms with Gasteiger partial charge in [-0.15, -0.1) is 0 Å². The number of fused-ring (bicyclic) bond motifs is 1. The largest absolute Gasteiger partial charge is 0.459 e. The molecular formula is C31H43ClN2O5. The molecule has 0 saturated carbocycles. The monoisotopic (exact) mass is 558 g/mol. The third-order valence-corrected chi connectivity index (χ3v) is 7.54. The number of piperidine rings is 1. The van der Waals surface area contributed by atoms with Gasteiger partial charge in [-0.1, -0.05) is 54.4 Å². The summed E-state index contributed by atoms with van der Waals surface area (Å²) in [6.45, 7) is 9.87. The molecule has 0 N–H and O–H groups in total. The summed E-state index contributed by atoms with van der Waals surface area (Å²) < 4.78 is 11.9. The average Bonchev–Trinajstić information content (AvgIpc) is 2.91. The highest BCUT2D eigenvalue weighted by molar-refractivity contribution is 6.33. The van der Waals surface area contributed by atoms with E-state index in [4.69, 9.17) is 25.9 Å². The Bertz CT molecular complexity index is 1080. The molecule has 1 amide bonds. The fourth-order valence-electron chi connectivity index (χ4n) is 4.84. The standard InChI is InChI=1S/C31H43ClN2O5/c1-5-6-18-37-26-14-10-12-24(4)39-31(36)29-22(2)19-23(3)30(32)27(29)20-25(13-11-15-26)33-38-21-28(35)34-16-8-7-9-17-34/h10-11,13-14,19,24,26H,5-9,12,15-18,20-21H2,1-4H3/b13-11+,14-10+,33-25-/t24-,26?/m1/s1. The van der Waals surface area contributed by atoms with Crippen LogP contribution in [0.4, 0.5) is 0 Å². The predicted octanol–water partition coefficient (Wildman–Crippen LogP) is 6.52. The minimum absolute atomic E-state index is 0.0684. The molecule has 8 heteroatoms. The van der Waals surface area contributed by atoms with Crippen molar-refractivity contribution >= 4 is 29.2 Å². The van der Waals surface area contributed by atoms with E-state index in [0.717, 1.165) is 56.3 Å². The van der Waals surface area contributed by atoms with Crippen molar-refractivity contribution in [3.8, 4) is 0 Å². The molecule has 0 aromatic heterocycles. The quantitative estimate of drug-likeness (QED) is 0.165. The Balaban J connectivity index is 1.91. The highest BCUT2D eigenvalue weighted by Gasteiger charge is 2.23. The Labute approximate surface area is 238 Å². The van der Waals surface area contributed by atoms with Crippen molar-refractivity contribution < 1.29 is 23.9 Å². The second-order valence-electron chi connectivity index (χ2n) is 10.4. The van der Waals surface area contributed by atoms with E-state index in [1.165, 1.54) is 0 Å². The van der Waals surface area contributed by atoms with E-state index in [2.05, 4.69) is 12.1 Å². The molecule has 0 aliphatic carbocycles. The molecule has 2 aliphatic heterocycles. The number of carbonyl (C=O) groups excluding carboxylic acids is 2. The number of hydrogen-bond acceptors (Lipinski definition) is 6. The molecule has 1 saturated heterocycles. The summed E-state index contributed by atoms with van der Waals surface area (Å²) in [5.74, 6) is -0.483. The lowest BCUT2D eigenvalue weighted by atomic mass is 9.94. The number of carbonyl (C=O) groups is 2. The highest BCUT2D eigenvalue weighted by Crippen LogP contribution is 2.30. The van der Waals surface area contributed by atoms with Gasteiger partial charge in [0.25, 0.3) is 5.91 Å². The number of unbranched alkanes of at least 4 members (excludes halogenated alkanes) is 1. The van der Waals surface area contributed by atoms with Gasteiger partial charge < -0.3 is 19.2 Å². The van der Waals surface area contributed by atoms with Gasteiger partial charge in [-0.25, -0.2) is 4.79 Å². The van der Waals surface area contributed by atoms with E-state index in [1.807, 2.05) is 56.0 Å². The van der Waals surface area contributed by atoms with Crippen molar-refractivity contribution in [1.82, 2.24) is 4.90 Å². The van der Waals surface area contributed by atoms with Crippen molar-refractivity contribution in [2.75, 3.05) is 26.3 Å². The van der Waals surface area contributed by atoms with Crippen LogP contribution in [0.25, 0.3) is 0 Å². The molecule has 0 bridgehead atoms. The molecule has 0 radical (unpaired) electrons. The number of benzene rings is 1. The Hall–Kier alpha value is -2.64. The van der Waals surface area contributed by atoms with Gasteiger partial charge in [0.05, 0.1) is 17.4 Å². The van der Waals surface area contributed by atoms with Crippen molar-refractivity contribution in [2.24, 2.45) is 5.16 Å². The number of ether oxygens (including phenoxy) is 2. The number of rotatable bonds is 7. The molecule has 1 aromatic rings. The van der Waals surface area contributed by atoms with Gasteiger partial charge in [-0.05, 0) is 75.6 Å². The summed E-state index contributed by atoms with van der Waals surface area (Å²) in [5.41, 5.74) is 3.31. The van der Waals surface area contributed by atoms with Gasteiger partial charge in [0.2, 0.25) is 0 Å². The fraction of sp³-hybridized carbons (Fsp3) is 0.581. The lowest BCUT2D eigenvalue weighted by Crippen LogP contribution is -2.37. The van der Waals surface area contributed by atoms with Crippen molar-refractivity contribution in [3.63, 3.8) is 0 Å². The maximum absolute atomic E-state index is 13.3. The number of allylic oxidation sites excluding steroid dienone is 1. The number of amides is 1. The molecular weight excluding hydrogens is 516 g/mol. The van der Waals surface area contributed by atoms with Crippen LogP contribution in [0.3, 0.4) is 0 Å². The summed E-state index contributed by atoms with van der Waals surface area (Å²) >= 11 is 6.76. The van der Waals surface area contributed by atoms with E-state index in [-0.39, 0.29) is 31.1 Å². The Morgan fingerprint density at radius 2 is 1.92 bits per heavy atom. The molecule has 1 fully saturated rings.